The molecule has 3 rings (SSSR count). The first-order valence-electron chi connectivity index (χ1n) is 7.93. The molecular weight excluding hydrogens is 290 g/mol. The van der Waals surface area contributed by atoms with Crippen molar-refractivity contribution in [2.45, 2.75) is 32.4 Å². The number of benzene rings is 1. The smallest absolute Gasteiger partial charge is 0.274 e. The molecule has 5 nitrogen and oxygen atoms in total. The van der Waals surface area contributed by atoms with Crippen LogP contribution in [-0.2, 0) is 6.54 Å². The number of nitrogens with zero attached hydrogens (tertiary/aromatic N) is 3. The van der Waals surface area contributed by atoms with Crippen LogP contribution in [0.15, 0.2) is 42.7 Å². The number of hydrogen-bond acceptors (Lipinski definition) is 4. The van der Waals surface area contributed by atoms with Gasteiger partial charge in [0.15, 0.2) is 0 Å². The van der Waals surface area contributed by atoms with Crippen LogP contribution in [0.3, 0.4) is 0 Å². The molecule has 1 amide bonds. The standard InChI is InChI=1S/C18H21N3O2/c1-13-9-20-16(10-19-13)18(23)21(17(12-22)15-7-8-15)11-14-5-3-2-4-6-14/h2-6,9-10,15,17,22H,7-8,11-12H2,1H3. The van der Waals surface area contributed by atoms with Crippen molar-refractivity contribution in [2.24, 2.45) is 5.92 Å². The van der Waals surface area contributed by atoms with Crippen molar-refractivity contribution in [3.63, 3.8) is 0 Å². The number of aryl methyl sites for hydroxylation is 1. The van der Waals surface area contributed by atoms with Crippen molar-refractivity contribution in [2.75, 3.05) is 6.61 Å². The third kappa shape index (κ3) is 3.74. The molecule has 120 valence electrons. The first-order valence-corrected chi connectivity index (χ1v) is 7.93. The van der Waals surface area contributed by atoms with Crippen LogP contribution in [0.1, 0.15) is 34.6 Å². The summed E-state index contributed by atoms with van der Waals surface area (Å²) < 4.78 is 0. The topological polar surface area (TPSA) is 66.3 Å². The van der Waals surface area contributed by atoms with Gasteiger partial charge in [-0.15, -0.1) is 0 Å². The molecule has 2 aromatic rings. The van der Waals surface area contributed by atoms with Gasteiger partial charge in [0.05, 0.1) is 24.5 Å². The second-order valence-electron chi connectivity index (χ2n) is 6.05. The zero-order valence-electron chi connectivity index (χ0n) is 13.2. The van der Waals surface area contributed by atoms with Crippen LogP contribution in [0.4, 0.5) is 0 Å². The van der Waals surface area contributed by atoms with E-state index in [-0.39, 0.29) is 18.6 Å². The van der Waals surface area contributed by atoms with Crippen molar-refractivity contribution < 1.29 is 9.90 Å². The third-order valence-electron chi connectivity index (χ3n) is 4.21. The fraction of sp³-hybridized carbons (Fsp3) is 0.389. The number of hydrogen-bond donors (Lipinski definition) is 1. The number of aliphatic hydroxyl groups is 1. The summed E-state index contributed by atoms with van der Waals surface area (Å²) in [6, 6.07) is 9.67. The SMILES string of the molecule is Cc1cnc(C(=O)N(Cc2ccccc2)C(CO)C2CC2)cn1. The van der Waals surface area contributed by atoms with E-state index < -0.39 is 0 Å². The summed E-state index contributed by atoms with van der Waals surface area (Å²) in [5.41, 5.74) is 2.14. The lowest BCUT2D eigenvalue weighted by atomic mass is 10.1. The van der Waals surface area contributed by atoms with Gasteiger partial charge in [-0.25, -0.2) is 4.98 Å². The van der Waals surface area contributed by atoms with Crippen LogP contribution < -0.4 is 0 Å². The highest BCUT2D eigenvalue weighted by atomic mass is 16.3. The molecule has 1 aliphatic carbocycles. The molecule has 1 fully saturated rings. The second-order valence-corrected chi connectivity index (χ2v) is 6.05. The molecule has 1 unspecified atom stereocenters. The first-order chi connectivity index (χ1) is 11.2. The Morgan fingerprint density at radius 2 is 2.00 bits per heavy atom. The van der Waals surface area contributed by atoms with Gasteiger partial charge in [-0.2, -0.15) is 0 Å². The van der Waals surface area contributed by atoms with E-state index in [4.69, 9.17) is 0 Å². The molecule has 0 radical (unpaired) electrons. The largest absolute Gasteiger partial charge is 0.394 e. The van der Waals surface area contributed by atoms with Crippen LogP contribution in [0.2, 0.25) is 0 Å². The van der Waals surface area contributed by atoms with Gasteiger partial charge in [-0.1, -0.05) is 30.3 Å². The summed E-state index contributed by atoms with van der Waals surface area (Å²) in [7, 11) is 0. The lowest BCUT2D eigenvalue weighted by molar-refractivity contribution is 0.0525. The molecule has 1 aliphatic rings. The average molecular weight is 311 g/mol. The molecule has 0 aliphatic heterocycles. The van der Waals surface area contributed by atoms with Crippen LogP contribution in [0, 0.1) is 12.8 Å². The molecule has 1 N–H and O–H groups in total. The van der Waals surface area contributed by atoms with Crippen molar-refractivity contribution in [3.05, 3.63) is 59.7 Å². The minimum absolute atomic E-state index is 0.0253. The Bertz CT molecular complexity index is 654. The Hall–Kier alpha value is -2.27. The summed E-state index contributed by atoms with van der Waals surface area (Å²) >= 11 is 0. The number of aromatic nitrogens is 2. The molecular formula is C18H21N3O2. The van der Waals surface area contributed by atoms with Gasteiger partial charge < -0.3 is 10.0 Å². The molecule has 1 atom stereocenters. The van der Waals surface area contributed by atoms with E-state index in [0.717, 1.165) is 24.1 Å². The Morgan fingerprint density at radius 3 is 2.57 bits per heavy atom. The summed E-state index contributed by atoms with van der Waals surface area (Å²) in [6.45, 7) is 2.28. The molecule has 5 heteroatoms. The number of carbonyl (C=O) groups excluding carboxylic acids is 1. The van der Waals surface area contributed by atoms with Crippen LogP contribution in [0.5, 0.6) is 0 Å². The highest BCUT2D eigenvalue weighted by Gasteiger charge is 2.37. The van der Waals surface area contributed by atoms with Crippen molar-refractivity contribution in [1.29, 1.82) is 0 Å². The molecule has 1 saturated carbocycles. The fourth-order valence-electron chi connectivity index (χ4n) is 2.75. The zero-order chi connectivity index (χ0) is 16.2. The maximum absolute atomic E-state index is 12.9. The van der Waals surface area contributed by atoms with Gasteiger partial charge >= 0.3 is 0 Å². The fourth-order valence-corrected chi connectivity index (χ4v) is 2.75. The van der Waals surface area contributed by atoms with Crippen LogP contribution >= 0.6 is 0 Å². The van der Waals surface area contributed by atoms with Gasteiger partial charge in [0.2, 0.25) is 0 Å². The van der Waals surface area contributed by atoms with E-state index in [9.17, 15) is 9.90 Å². The molecule has 0 saturated heterocycles. The Morgan fingerprint density at radius 1 is 1.26 bits per heavy atom. The van der Waals surface area contributed by atoms with Crippen LogP contribution in [0.25, 0.3) is 0 Å². The molecule has 0 spiro atoms. The van der Waals surface area contributed by atoms with Crippen molar-refractivity contribution in [1.82, 2.24) is 14.9 Å². The van der Waals surface area contributed by atoms with E-state index in [1.807, 2.05) is 37.3 Å². The summed E-state index contributed by atoms with van der Waals surface area (Å²) in [4.78, 5) is 23.0. The predicted molar refractivity (Wildman–Crippen MR) is 86.7 cm³/mol. The van der Waals surface area contributed by atoms with E-state index in [1.54, 1.807) is 11.1 Å². The van der Waals surface area contributed by atoms with Gasteiger partial charge in [0, 0.05) is 12.7 Å². The van der Waals surface area contributed by atoms with Gasteiger partial charge in [0.25, 0.3) is 5.91 Å². The summed E-state index contributed by atoms with van der Waals surface area (Å²) in [6.07, 6.45) is 5.22. The Labute approximate surface area is 136 Å². The number of rotatable bonds is 6. The quantitative estimate of drug-likeness (QED) is 0.888. The highest BCUT2D eigenvalue weighted by Crippen LogP contribution is 2.36. The molecule has 0 bridgehead atoms. The Kier molecular flexibility index (Phi) is 4.67. The van der Waals surface area contributed by atoms with E-state index in [1.165, 1.54) is 6.20 Å². The average Bonchev–Trinajstić information content (AvgIpc) is 3.41. The van der Waals surface area contributed by atoms with Gasteiger partial charge in [-0.05, 0) is 31.2 Å². The first kappa shape index (κ1) is 15.6. The Balaban J connectivity index is 1.87. The van der Waals surface area contributed by atoms with Crippen molar-refractivity contribution >= 4 is 5.91 Å². The number of carbonyl (C=O) groups is 1. The lowest BCUT2D eigenvalue weighted by Gasteiger charge is -2.30. The van der Waals surface area contributed by atoms with Crippen LogP contribution in [-0.4, -0.2) is 38.5 Å². The minimum Gasteiger partial charge on any atom is -0.394 e. The predicted octanol–water partition coefficient (Wildman–Crippen LogP) is 2.20. The number of aliphatic hydroxyl groups excluding tert-OH is 1. The minimum atomic E-state index is -0.174. The van der Waals surface area contributed by atoms with Gasteiger partial charge in [0.1, 0.15) is 5.69 Å². The molecule has 1 aromatic heterocycles. The summed E-state index contributed by atoms with van der Waals surface area (Å²) in [5, 5.41) is 9.79. The maximum atomic E-state index is 12.9. The zero-order valence-corrected chi connectivity index (χ0v) is 13.2. The van der Waals surface area contributed by atoms with E-state index >= 15 is 0 Å². The number of amides is 1. The van der Waals surface area contributed by atoms with Crippen molar-refractivity contribution in [3.8, 4) is 0 Å². The normalized spacial score (nSPS) is 15.2. The molecule has 1 aromatic carbocycles. The molecule has 23 heavy (non-hydrogen) atoms. The second kappa shape index (κ2) is 6.87. The van der Waals surface area contributed by atoms with E-state index in [0.29, 0.717) is 18.2 Å². The monoisotopic (exact) mass is 311 g/mol. The third-order valence-corrected chi connectivity index (χ3v) is 4.21. The molecule has 1 heterocycles. The highest BCUT2D eigenvalue weighted by molar-refractivity contribution is 5.92. The van der Waals surface area contributed by atoms with E-state index in [2.05, 4.69) is 9.97 Å². The van der Waals surface area contributed by atoms with Gasteiger partial charge in [-0.3, -0.25) is 9.78 Å². The summed E-state index contributed by atoms with van der Waals surface area (Å²) in [5.74, 6) is 0.207. The lowest BCUT2D eigenvalue weighted by Crippen LogP contribution is -2.43. The maximum Gasteiger partial charge on any atom is 0.274 e.